The minimum absolute atomic E-state index is 0.348. The highest BCUT2D eigenvalue weighted by Gasteiger charge is 2.13. The fraction of sp³-hybridized carbons (Fsp3) is 0. The summed E-state index contributed by atoms with van der Waals surface area (Å²) in [4.78, 5) is 0. The molecule has 5 heteroatoms. The molecular formula is C11H8FN3O. The Kier molecular flexibility index (Phi) is 1.73. The van der Waals surface area contributed by atoms with Gasteiger partial charge in [0.2, 0.25) is 0 Å². The Morgan fingerprint density at radius 2 is 2.12 bits per heavy atom. The first-order valence-electron chi connectivity index (χ1n) is 4.72. The van der Waals surface area contributed by atoms with Gasteiger partial charge in [-0.15, -0.1) is 0 Å². The number of rotatable bonds is 1. The maximum Gasteiger partial charge on any atom is 0.142 e. The van der Waals surface area contributed by atoms with Crippen molar-refractivity contribution >= 4 is 16.8 Å². The maximum atomic E-state index is 14.1. The lowest BCUT2D eigenvalue weighted by Gasteiger charge is -2.01. The summed E-state index contributed by atoms with van der Waals surface area (Å²) in [6, 6.07) is 4.92. The lowest BCUT2D eigenvalue weighted by Crippen LogP contribution is -1.90. The molecule has 0 aliphatic heterocycles. The van der Waals surface area contributed by atoms with Crippen molar-refractivity contribution in [2.75, 3.05) is 5.73 Å². The summed E-state index contributed by atoms with van der Waals surface area (Å²) in [5.74, 6) is 0.00101. The summed E-state index contributed by atoms with van der Waals surface area (Å²) in [6.45, 7) is 0. The van der Waals surface area contributed by atoms with E-state index in [9.17, 15) is 4.39 Å². The molecule has 0 unspecified atom stereocenters. The van der Waals surface area contributed by atoms with E-state index in [4.69, 9.17) is 10.2 Å². The first kappa shape index (κ1) is 8.96. The summed E-state index contributed by atoms with van der Waals surface area (Å²) in [6.07, 6.45) is 2.95. The Bertz CT molecular complexity index is 656. The fourth-order valence-electron chi connectivity index (χ4n) is 1.73. The molecule has 0 radical (unpaired) electrons. The minimum Gasteiger partial charge on any atom is -0.464 e. The topological polar surface area (TPSA) is 67.8 Å². The van der Waals surface area contributed by atoms with E-state index in [2.05, 4.69) is 10.2 Å². The second kappa shape index (κ2) is 3.10. The van der Waals surface area contributed by atoms with Gasteiger partial charge in [-0.3, -0.25) is 5.10 Å². The number of furan rings is 1. The number of fused-ring (bicyclic) bond motifs is 1. The highest BCUT2D eigenvalue weighted by Crippen LogP contribution is 2.31. The smallest absolute Gasteiger partial charge is 0.142 e. The maximum absolute atomic E-state index is 14.1. The van der Waals surface area contributed by atoms with E-state index in [0.29, 0.717) is 27.9 Å². The predicted molar refractivity (Wildman–Crippen MR) is 58.2 cm³/mol. The molecule has 3 aromatic rings. The Morgan fingerprint density at radius 3 is 2.88 bits per heavy atom. The fourth-order valence-corrected chi connectivity index (χ4v) is 1.73. The molecule has 0 aliphatic carbocycles. The van der Waals surface area contributed by atoms with Crippen LogP contribution in [-0.4, -0.2) is 10.2 Å². The van der Waals surface area contributed by atoms with Crippen molar-refractivity contribution < 1.29 is 8.81 Å². The molecule has 0 aliphatic rings. The largest absolute Gasteiger partial charge is 0.464 e. The molecule has 16 heavy (non-hydrogen) atoms. The summed E-state index contributed by atoms with van der Waals surface area (Å²) < 4.78 is 19.2. The lowest BCUT2D eigenvalue weighted by molar-refractivity contribution is 0.611. The van der Waals surface area contributed by atoms with Crippen LogP contribution in [0.5, 0.6) is 0 Å². The number of nitrogen functional groups attached to an aromatic ring is 1. The molecule has 4 nitrogen and oxygen atoms in total. The predicted octanol–water partition coefficient (Wildman–Crippen LogP) is 2.54. The molecule has 0 atom stereocenters. The molecule has 1 aromatic carbocycles. The normalized spacial score (nSPS) is 11.1. The van der Waals surface area contributed by atoms with Crippen molar-refractivity contribution in [1.82, 2.24) is 10.2 Å². The number of aromatic amines is 1. The van der Waals surface area contributed by atoms with Crippen molar-refractivity contribution in [3.8, 4) is 11.1 Å². The third kappa shape index (κ3) is 1.11. The van der Waals surface area contributed by atoms with E-state index in [1.165, 1.54) is 12.5 Å². The quantitative estimate of drug-likeness (QED) is 0.658. The zero-order chi connectivity index (χ0) is 11.1. The van der Waals surface area contributed by atoms with Gasteiger partial charge in [0.1, 0.15) is 17.2 Å². The third-order valence-electron chi connectivity index (χ3n) is 2.53. The zero-order valence-corrected chi connectivity index (χ0v) is 8.20. The van der Waals surface area contributed by atoms with Crippen LogP contribution < -0.4 is 5.73 Å². The molecule has 80 valence electrons. The van der Waals surface area contributed by atoms with Gasteiger partial charge in [0.05, 0.1) is 17.8 Å². The molecule has 0 bridgehead atoms. The average Bonchev–Trinajstić information content (AvgIpc) is 2.88. The van der Waals surface area contributed by atoms with Gasteiger partial charge >= 0.3 is 0 Å². The number of hydrogen-bond donors (Lipinski definition) is 2. The number of anilines is 1. The number of aromatic nitrogens is 2. The summed E-state index contributed by atoms with van der Waals surface area (Å²) >= 11 is 0. The SMILES string of the molecule is Nc1[nH]ncc1-c1ccc2occc2c1F. The Balaban J connectivity index is 2.32. The lowest BCUT2D eigenvalue weighted by atomic mass is 10.1. The van der Waals surface area contributed by atoms with E-state index in [1.807, 2.05) is 0 Å². The van der Waals surface area contributed by atoms with Crippen molar-refractivity contribution in [1.29, 1.82) is 0 Å². The number of H-pyrrole nitrogens is 1. The van der Waals surface area contributed by atoms with Crippen molar-refractivity contribution in [2.45, 2.75) is 0 Å². The van der Waals surface area contributed by atoms with Crippen LogP contribution in [0, 0.1) is 5.82 Å². The summed E-state index contributed by atoms with van der Waals surface area (Å²) in [5, 5.41) is 6.78. The minimum atomic E-state index is -0.348. The second-order valence-electron chi connectivity index (χ2n) is 3.46. The molecule has 3 N–H and O–H groups in total. The van der Waals surface area contributed by atoms with Crippen LogP contribution in [0.2, 0.25) is 0 Å². The summed E-state index contributed by atoms with van der Waals surface area (Å²) in [5.41, 5.74) is 7.14. The van der Waals surface area contributed by atoms with E-state index in [-0.39, 0.29) is 5.82 Å². The number of nitrogens with zero attached hydrogens (tertiary/aromatic N) is 1. The molecule has 2 heterocycles. The third-order valence-corrected chi connectivity index (χ3v) is 2.53. The van der Waals surface area contributed by atoms with Gasteiger partial charge in [-0.2, -0.15) is 5.10 Å². The molecule has 0 saturated carbocycles. The van der Waals surface area contributed by atoms with Crippen LogP contribution in [0.1, 0.15) is 0 Å². The van der Waals surface area contributed by atoms with Crippen LogP contribution in [0.15, 0.2) is 35.1 Å². The Morgan fingerprint density at radius 1 is 1.25 bits per heavy atom. The number of hydrogen-bond acceptors (Lipinski definition) is 3. The van der Waals surface area contributed by atoms with Crippen LogP contribution in [-0.2, 0) is 0 Å². The van der Waals surface area contributed by atoms with Crippen molar-refractivity contribution in [3.63, 3.8) is 0 Å². The standard InChI is InChI=1S/C11H8FN3O/c12-10-6(8-5-14-15-11(8)13)1-2-9-7(10)3-4-16-9/h1-5H,(H3,13,14,15). The van der Waals surface area contributed by atoms with Gasteiger partial charge in [-0.25, -0.2) is 4.39 Å². The van der Waals surface area contributed by atoms with Gasteiger partial charge in [0.15, 0.2) is 0 Å². The Labute approximate surface area is 89.9 Å². The van der Waals surface area contributed by atoms with E-state index >= 15 is 0 Å². The van der Waals surface area contributed by atoms with Gasteiger partial charge in [-0.1, -0.05) is 0 Å². The van der Waals surface area contributed by atoms with Crippen LogP contribution >= 0.6 is 0 Å². The van der Waals surface area contributed by atoms with E-state index < -0.39 is 0 Å². The monoisotopic (exact) mass is 217 g/mol. The van der Waals surface area contributed by atoms with Gasteiger partial charge in [0, 0.05) is 11.1 Å². The van der Waals surface area contributed by atoms with Gasteiger partial charge in [-0.05, 0) is 18.2 Å². The average molecular weight is 217 g/mol. The van der Waals surface area contributed by atoms with Crippen LogP contribution in [0.25, 0.3) is 22.1 Å². The highest BCUT2D eigenvalue weighted by atomic mass is 19.1. The molecule has 0 spiro atoms. The van der Waals surface area contributed by atoms with Crippen LogP contribution in [0.4, 0.5) is 10.2 Å². The van der Waals surface area contributed by atoms with E-state index in [0.717, 1.165) is 0 Å². The number of halogens is 1. The van der Waals surface area contributed by atoms with E-state index in [1.54, 1.807) is 18.2 Å². The van der Waals surface area contributed by atoms with Gasteiger partial charge in [0.25, 0.3) is 0 Å². The second-order valence-corrected chi connectivity index (χ2v) is 3.46. The first-order chi connectivity index (χ1) is 7.77. The van der Waals surface area contributed by atoms with Crippen molar-refractivity contribution in [2.24, 2.45) is 0 Å². The Hall–Kier alpha value is -2.30. The highest BCUT2D eigenvalue weighted by molar-refractivity contribution is 5.86. The summed E-state index contributed by atoms with van der Waals surface area (Å²) in [7, 11) is 0. The number of benzene rings is 1. The number of nitrogens with one attached hydrogen (secondary N) is 1. The first-order valence-corrected chi connectivity index (χ1v) is 4.72. The van der Waals surface area contributed by atoms with Crippen molar-refractivity contribution in [3.05, 3.63) is 36.5 Å². The van der Waals surface area contributed by atoms with Gasteiger partial charge < -0.3 is 10.2 Å². The number of nitrogens with two attached hydrogens (primary N) is 1. The molecule has 0 saturated heterocycles. The zero-order valence-electron chi connectivity index (χ0n) is 8.20. The van der Waals surface area contributed by atoms with Crippen LogP contribution in [0.3, 0.4) is 0 Å². The molecule has 0 amide bonds. The molecule has 0 fully saturated rings. The molecular weight excluding hydrogens is 209 g/mol. The molecule has 3 rings (SSSR count). The molecule has 2 aromatic heterocycles.